The summed E-state index contributed by atoms with van der Waals surface area (Å²) < 4.78 is 21.4. The van der Waals surface area contributed by atoms with Crippen molar-refractivity contribution in [2.24, 2.45) is 5.92 Å². The van der Waals surface area contributed by atoms with E-state index in [1.54, 1.807) is 26.0 Å². The number of benzene rings is 1. The highest BCUT2D eigenvalue weighted by molar-refractivity contribution is 6.09. The van der Waals surface area contributed by atoms with Crippen LogP contribution in [0.4, 0.5) is 4.39 Å². The van der Waals surface area contributed by atoms with Gasteiger partial charge in [0.1, 0.15) is 35.2 Å². The van der Waals surface area contributed by atoms with Gasteiger partial charge in [0.05, 0.1) is 23.3 Å². The number of nitrogens with zero attached hydrogens (tertiary/aromatic N) is 2. The van der Waals surface area contributed by atoms with Gasteiger partial charge in [0.25, 0.3) is 5.91 Å². The Morgan fingerprint density at radius 3 is 2.59 bits per heavy atom. The fourth-order valence-corrected chi connectivity index (χ4v) is 4.91. The molecular formula is C27H32FN5O4. The number of H-pyrrole nitrogens is 1. The Kier molecular flexibility index (Phi) is 6.85. The molecule has 3 aromatic rings. The van der Waals surface area contributed by atoms with Crippen molar-refractivity contribution >= 4 is 22.8 Å². The lowest BCUT2D eigenvalue weighted by Crippen LogP contribution is -2.40. The number of hydrogen-bond acceptors (Lipinski definition) is 6. The van der Waals surface area contributed by atoms with Gasteiger partial charge in [-0.3, -0.25) is 9.59 Å². The number of nitrogens with one attached hydrogen (secondary N) is 3. The lowest BCUT2D eigenvalue weighted by molar-refractivity contribution is -0.129. The van der Waals surface area contributed by atoms with Gasteiger partial charge < -0.3 is 25.5 Å². The maximum atomic E-state index is 15.5. The van der Waals surface area contributed by atoms with Crippen molar-refractivity contribution in [2.45, 2.75) is 71.1 Å². The molecule has 2 aliphatic carbocycles. The van der Waals surface area contributed by atoms with Crippen LogP contribution < -0.4 is 15.4 Å². The number of halogens is 1. The first-order chi connectivity index (χ1) is 17.7. The van der Waals surface area contributed by atoms with Crippen LogP contribution in [0.25, 0.3) is 22.3 Å². The third kappa shape index (κ3) is 5.16. The smallest absolute Gasteiger partial charge is 0.255 e. The molecule has 5 rings (SSSR count). The highest BCUT2D eigenvalue weighted by atomic mass is 19.1. The van der Waals surface area contributed by atoms with Gasteiger partial charge in [0, 0.05) is 17.8 Å². The maximum Gasteiger partial charge on any atom is 0.255 e. The zero-order valence-corrected chi connectivity index (χ0v) is 21.2. The summed E-state index contributed by atoms with van der Waals surface area (Å²) in [4.78, 5) is 37.1. The Balaban J connectivity index is 1.42. The molecule has 0 saturated heterocycles. The second-order valence-electron chi connectivity index (χ2n) is 10.3. The van der Waals surface area contributed by atoms with E-state index < -0.39 is 17.8 Å². The molecule has 0 unspecified atom stereocenters. The van der Waals surface area contributed by atoms with E-state index in [1.807, 2.05) is 0 Å². The monoisotopic (exact) mass is 509 g/mol. The Morgan fingerprint density at radius 1 is 1.16 bits per heavy atom. The highest BCUT2D eigenvalue weighted by Gasteiger charge is 2.30. The van der Waals surface area contributed by atoms with Gasteiger partial charge in [-0.15, -0.1) is 0 Å². The molecule has 0 bridgehead atoms. The van der Waals surface area contributed by atoms with Crippen molar-refractivity contribution in [3.63, 3.8) is 0 Å². The van der Waals surface area contributed by atoms with E-state index in [0.29, 0.717) is 71.1 Å². The van der Waals surface area contributed by atoms with Crippen LogP contribution in [-0.2, 0) is 4.79 Å². The van der Waals surface area contributed by atoms with Crippen LogP contribution in [-0.4, -0.2) is 56.7 Å². The van der Waals surface area contributed by atoms with Gasteiger partial charge in [-0.2, -0.15) is 0 Å². The van der Waals surface area contributed by atoms with Gasteiger partial charge in [0.2, 0.25) is 5.91 Å². The topological polar surface area (TPSA) is 129 Å². The Morgan fingerprint density at radius 2 is 1.89 bits per heavy atom. The summed E-state index contributed by atoms with van der Waals surface area (Å²) in [5, 5.41) is 15.3. The maximum absolute atomic E-state index is 15.5. The number of aromatic amines is 1. The first-order valence-corrected chi connectivity index (χ1v) is 12.8. The summed E-state index contributed by atoms with van der Waals surface area (Å²) >= 11 is 0. The number of carbonyl (C=O) groups excluding carboxylic acids is 2. The molecule has 2 aromatic heterocycles. The quantitative estimate of drug-likeness (QED) is 0.369. The lowest BCUT2D eigenvalue weighted by Gasteiger charge is -2.15. The summed E-state index contributed by atoms with van der Waals surface area (Å²) in [5.74, 6) is -0.207. The normalized spacial score (nSPS) is 20.1. The predicted molar refractivity (Wildman–Crippen MR) is 136 cm³/mol. The third-order valence-corrected chi connectivity index (χ3v) is 7.20. The number of amides is 2. The van der Waals surface area contributed by atoms with Crippen LogP contribution in [0.1, 0.15) is 60.6 Å². The summed E-state index contributed by atoms with van der Waals surface area (Å²) in [6, 6.07) is 3.22. The van der Waals surface area contributed by atoms with E-state index in [4.69, 9.17) is 4.74 Å². The minimum Gasteiger partial charge on any atom is -0.492 e. The van der Waals surface area contributed by atoms with E-state index in [9.17, 15) is 14.7 Å². The molecule has 1 aromatic carbocycles. The summed E-state index contributed by atoms with van der Waals surface area (Å²) in [6.07, 6.45) is 4.48. The van der Waals surface area contributed by atoms with Gasteiger partial charge in [-0.05, 0) is 70.4 Å². The molecule has 0 spiro atoms. The van der Waals surface area contributed by atoms with Crippen molar-refractivity contribution in [3.8, 4) is 17.0 Å². The SMILES string of the molecule is Cc1ccc(OCC2CC2)c(-c2ncnc3c(C(=O)N[C@H]4CC[C@@H](NC(=O)[C@H](C)O)C4)c(C)[nH]c23)c1F. The number of aromatic nitrogens is 3. The fraction of sp³-hybridized carbons (Fsp3) is 0.481. The van der Waals surface area contributed by atoms with E-state index in [1.165, 1.54) is 13.3 Å². The highest BCUT2D eigenvalue weighted by Crippen LogP contribution is 2.39. The average Bonchev–Trinajstić information content (AvgIpc) is 3.48. The molecule has 0 aliphatic heterocycles. The molecule has 9 nitrogen and oxygen atoms in total. The number of fused-ring (bicyclic) bond motifs is 1. The van der Waals surface area contributed by atoms with Gasteiger partial charge in [0.15, 0.2) is 0 Å². The standard InChI is InChI=1S/C27H32FN5O4/c1-13-4-9-19(37-11-16-5-6-16)21(22(13)28)24-25-23(29-12-30-24)20(14(2)31-25)27(36)33-18-8-7-17(10-18)32-26(35)15(3)34/h4,9,12,15-18,31,34H,5-8,10-11H2,1-3H3,(H,32,35)(H,33,36)/t15-,17+,18-/m0/s1. The first kappa shape index (κ1) is 25.1. The number of aryl methyl sites for hydroxylation is 2. The second-order valence-corrected chi connectivity index (χ2v) is 10.3. The Bertz CT molecular complexity index is 1350. The molecule has 10 heteroatoms. The summed E-state index contributed by atoms with van der Waals surface area (Å²) in [5.41, 5.74) is 2.93. The fourth-order valence-electron chi connectivity index (χ4n) is 4.91. The first-order valence-electron chi connectivity index (χ1n) is 12.8. The number of aliphatic hydroxyl groups is 1. The molecule has 2 heterocycles. The van der Waals surface area contributed by atoms with Crippen LogP contribution in [0, 0.1) is 25.6 Å². The Hall–Kier alpha value is -3.53. The molecule has 2 amide bonds. The molecule has 0 radical (unpaired) electrons. The van der Waals surface area contributed by atoms with Gasteiger partial charge >= 0.3 is 0 Å². The zero-order valence-electron chi connectivity index (χ0n) is 21.2. The second kappa shape index (κ2) is 10.1. The van der Waals surface area contributed by atoms with Crippen molar-refractivity contribution in [2.75, 3.05) is 6.61 Å². The third-order valence-electron chi connectivity index (χ3n) is 7.20. The molecule has 196 valence electrons. The van der Waals surface area contributed by atoms with E-state index in [2.05, 4.69) is 25.6 Å². The minimum absolute atomic E-state index is 0.108. The van der Waals surface area contributed by atoms with Gasteiger partial charge in [-0.1, -0.05) is 6.07 Å². The largest absolute Gasteiger partial charge is 0.492 e. The van der Waals surface area contributed by atoms with Crippen molar-refractivity contribution in [1.82, 2.24) is 25.6 Å². The predicted octanol–water partition coefficient (Wildman–Crippen LogP) is 3.32. The van der Waals surface area contributed by atoms with Crippen LogP contribution in [0.3, 0.4) is 0 Å². The molecule has 3 atom stereocenters. The van der Waals surface area contributed by atoms with E-state index >= 15 is 4.39 Å². The van der Waals surface area contributed by atoms with Crippen LogP contribution in [0.5, 0.6) is 5.75 Å². The van der Waals surface area contributed by atoms with Crippen LogP contribution >= 0.6 is 0 Å². The molecule has 2 fully saturated rings. The molecule has 2 saturated carbocycles. The van der Waals surface area contributed by atoms with Crippen molar-refractivity contribution in [1.29, 1.82) is 0 Å². The number of carbonyl (C=O) groups is 2. The average molecular weight is 510 g/mol. The van der Waals surface area contributed by atoms with Crippen LogP contribution in [0.15, 0.2) is 18.5 Å². The van der Waals surface area contributed by atoms with Crippen LogP contribution in [0.2, 0.25) is 0 Å². The number of hydrogen-bond donors (Lipinski definition) is 4. The number of rotatable bonds is 8. The van der Waals surface area contributed by atoms with Gasteiger partial charge in [-0.25, -0.2) is 14.4 Å². The van der Waals surface area contributed by atoms with E-state index in [-0.39, 0.29) is 23.6 Å². The molecule has 4 N–H and O–H groups in total. The molecule has 37 heavy (non-hydrogen) atoms. The van der Waals surface area contributed by atoms with E-state index in [0.717, 1.165) is 12.8 Å². The van der Waals surface area contributed by atoms with Crippen molar-refractivity contribution in [3.05, 3.63) is 41.1 Å². The van der Waals surface area contributed by atoms with Crippen molar-refractivity contribution < 1.29 is 23.8 Å². The molecule has 2 aliphatic rings. The summed E-state index contributed by atoms with van der Waals surface area (Å²) in [6.45, 7) is 5.42. The number of aliphatic hydroxyl groups excluding tert-OH is 1. The lowest BCUT2D eigenvalue weighted by atomic mass is 10.0. The molecular weight excluding hydrogens is 477 g/mol. The zero-order chi connectivity index (χ0) is 26.3. The Labute approximate surface area is 214 Å². The summed E-state index contributed by atoms with van der Waals surface area (Å²) in [7, 11) is 0. The number of ether oxygens (including phenoxy) is 1. The minimum atomic E-state index is -1.07.